The van der Waals surface area contributed by atoms with Gasteiger partial charge in [-0.2, -0.15) is 0 Å². The van der Waals surface area contributed by atoms with Crippen LogP contribution in [0.5, 0.6) is 0 Å². The van der Waals surface area contributed by atoms with E-state index in [0.717, 1.165) is 6.54 Å². The van der Waals surface area contributed by atoms with Crippen LogP contribution in [0.4, 0.5) is 4.39 Å². The summed E-state index contributed by atoms with van der Waals surface area (Å²) in [5.41, 5.74) is 7.33. The number of aryl methyl sites for hydroxylation is 1. The molecule has 0 aliphatic carbocycles. The van der Waals surface area contributed by atoms with E-state index in [1.165, 1.54) is 12.1 Å². The highest BCUT2D eigenvalue weighted by Crippen LogP contribution is 2.23. The van der Waals surface area contributed by atoms with Crippen LogP contribution in [0.15, 0.2) is 30.3 Å². The number of hydrogen-bond donors (Lipinski definition) is 2. The quantitative estimate of drug-likeness (QED) is 0.717. The third-order valence-corrected chi connectivity index (χ3v) is 4.52. The molecule has 0 radical (unpaired) electrons. The van der Waals surface area contributed by atoms with Gasteiger partial charge in [-0.1, -0.05) is 19.1 Å². The highest BCUT2D eigenvalue weighted by atomic mass is 35.5. The number of primary amides is 1. The monoisotopic (exact) mass is 407 g/mol. The lowest BCUT2D eigenvalue weighted by atomic mass is 9.99. The molecule has 0 saturated carbocycles. The zero-order valence-electron chi connectivity index (χ0n) is 15.5. The summed E-state index contributed by atoms with van der Waals surface area (Å²) in [5.74, 6) is -1.30. The van der Waals surface area contributed by atoms with Crippen molar-refractivity contribution in [1.29, 1.82) is 0 Å². The molecule has 8 heteroatoms. The first-order chi connectivity index (χ1) is 13.0. The van der Waals surface area contributed by atoms with Gasteiger partial charge < -0.3 is 15.8 Å². The molecular weight excluding hydrogens is 385 g/mol. The Morgan fingerprint density at radius 1 is 1.32 bits per heavy atom. The van der Waals surface area contributed by atoms with Crippen molar-refractivity contribution in [2.75, 3.05) is 19.7 Å². The molecular formula is C20H23ClFN3O3. The number of nitrogens with one attached hydrogen (secondary N) is 1. The van der Waals surface area contributed by atoms with Crippen molar-refractivity contribution in [2.24, 2.45) is 5.73 Å². The second-order valence-corrected chi connectivity index (χ2v) is 6.47. The van der Waals surface area contributed by atoms with Crippen molar-refractivity contribution in [3.8, 4) is 0 Å². The third-order valence-electron chi connectivity index (χ3n) is 4.52. The van der Waals surface area contributed by atoms with E-state index in [2.05, 4.69) is 10.3 Å². The maximum Gasteiger partial charge on any atom is 0.267 e. The van der Waals surface area contributed by atoms with Crippen LogP contribution in [0, 0.1) is 5.82 Å². The van der Waals surface area contributed by atoms with Crippen LogP contribution < -0.4 is 11.1 Å². The molecule has 1 aliphatic rings. The number of nitrogens with zero attached hydrogens (tertiary/aromatic N) is 1. The molecule has 2 heterocycles. The van der Waals surface area contributed by atoms with Gasteiger partial charge in [-0.25, -0.2) is 9.37 Å². The van der Waals surface area contributed by atoms with Crippen molar-refractivity contribution in [3.63, 3.8) is 0 Å². The Balaban J connectivity index is 0.00000280. The first-order valence-corrected chi connectivity index (χ1v) is 8.92. The molecule has 2 aromatic rings. The van der Waals surface area contributed by atoms with Gasteiger partial charge in [-0.15, -0.1) is 12.4 Å². The van der Waals surface area contributed by atoms with E-state index < -0.39 is 11.7 Å². The summed E-state index contributed by atoms with van der Waals surface area (Å²) >= 11 is 0. The minimum Gasteiger partial charge on any atom is -0.371 e. The lowest BCUT2D eigenvalue weighted by molar-refractivity contribution is 0.0255. The standard InChI is InChI=1S/C20H22FN3O3.ClH/c1-2-14-9-13(10-17(24-14)20(22)26)18(25)8-12-3-4-15(16(21)7-12)19-11-23-5-6-27-19;/h3-4,7,9-10,19,23H,2,5-6,8,11H2,1H3,(H2,22,26);1H/t19-;/m1./s1. The van der Waals surface area contributed by atoms with E-state index in [4.69, 9.17) is 10.5 Å². The van der Waals surface area contributed by atoms with Gasteiger partial charge in [0.1, 0.15) is 11.5 Å². The molecule has 1 aromatic heterocycles. The van der Waals surface area contributed by atoms with Crippen LogP contribution in [0.1, 0.15) is 50.7 Å². The van der Waals surface area contributed by atoms with Gasteiger partial charge in [-0.05, 0) is 30.2 Å². The van der Waals surface area contributed by atoms with Crippen LogP contribution in [0.25, 0.3) is 0 Å². The Hall–Kier alpha value is -2.35. The van der Waals surface area contributed by atoms with Gasteiger partial charge in [0.2, 0.25) is 0 Å². The second-order valence-electron chi connectivity index (χ2n) is 6.47. The molecule has 1 atom stereocenters. The number of hydrogen-bond acceptors (Lipinski definition) is 5. The number of benzene rings is 1. The van der Waals surface area contributed by atoms with Crippen LogP contribution in [0.3, 0.4) is 0 Å². The molecule has 1 fully saturated rings. The van der Waals surface area contributed by atoms with Gasteiger partial charge in [0.05, 0.1) is 12.7 Å². The van der Waals surface area contributed by atoms with Crippen molar-refractivity contribution < 1.29 is 18.7 Å². The number of amides is 1. The van der Waals surface area contributed by atoms with Crippen LogP contribution in [0.2, 0.25) is 0 Å². The molecule has 3 N–H and O–H groups in total. The number of ketones is 1. The minimum atomic E-state index is -0.684. The lowest BCUT2D eigenvalue weighted by Gasteiger charge is -2.24. The molecule has 1 aliphatic heterocycles. The maximum atomic E-state index is 14.5. The Morgan fingerprint density at radius 2 is 2.11 bits per heavy atom. The summed E-state index contributed by atoms with van der Waals surface area (Å²) < 4.78 is 20.1. The Labute approximate surface area is 169 Å². The zero-order chi connectivity index (χ0) is 19.4. The van der Waals surface area contributed by atoms with Crippen molar-refractivity contribution in [3.05, 3.63) is 64.2 Å². The number of rotatable bonds is 6. The fourth-order valence-corrected chi connectivity index (χ4v) is 3.05. The van der Waals surface area contributed by atoms with Gasteiger partial charge in [0.15, 0.2) is 5.78 Å². The molecule has 0 spiro atoms. The topological polar surface area (TPSA) is 94.3 Å². The molecule has 28 heavy (non-hydrogen) atoms. The number of pyridine rings is 1. The van der Waals surface area contributed by atoms with Crippen molar-refractivity contribution in [1.82, 2.24) is 10.3 Å². The summed E-state index contributed by atoms with van der Waals surface area (Å²) in [5, 5.41) is 3.16. The Bertz CT molecular complexity index is 870. The Kier molecular flexibility index (Phi) is 7.62. The molecule has 1 aromatic carbocycles. The summed E-state index contributed by atoms with van der Waals surface area (Å²) in [6, 6.07) is 7.78. The number of carbonyl (C=O) groups excluding carboxylic acids is 2. The fourth-order valence-electron chi connectivity index (χ4n) is 3.05. The molecule has 0 unspecified atom stereocenters. The highest BCUT2D eigenvalue weighted by Gasteiger charge is 2.20. The van der Waals surface area contributed by atoms with E-state index in [-0.39, 0.29) is 36.4 Å². The lowest BCUT2D eigenvalue weighted by Crippen LogP contribution is -2.33. The first-order valence-electron chi connectivity index (χ1n) is 8.92. The first kappa shape index (κ1) is 21.9. The summed E-state index contributed by atoms with van der Waals surface area (Å²) in [6.07, 6.45) is 0.265. The van der Waals surface area contributed by atoms with Gasteiger partial charge >= 0.3 is 0 Å². The largest absolute Gasteiger partial charge is 0.371 e. The molecule has 6 nitrogen and oxygen atoms in total. The van der Waals surface area contributed by atoms with Crippen molar-refractivity contribution >= 4 is 24.1 Å². The summed E-state index contributed by atoms with van der Waals surface area (Å²) in [6.45, 7) is 3.72. The number of morpholine rings is 1. The number of ether oxygens (including phenoxy) is 1. The smallest absolute Gasteiger partial charge is 0.267 e. The third kappa shape index (κ3) is 5.13. The average Bonchev–Trinajstić information content (AvgIpc) is 2.68. The van der Waals surface area contributed by atoms with E-state index in [1.54, 1.807) is 18.2 Å². The molecule has 1 amide bonds. The van der Waals surface area contributed by atoms with Gasteiger partial charge in [-0.3, -0.25) is 9.59 Å². The number of Topliss-reactive ketones (excluding diaryl/α,β-unsaturated/α-hetero) is 1. The van der Waals surface area contributed by atoms with Crippen LogP contribution >= 0.6 is 12.4 Å². The number of aromatic nitrogens is 1. The molecule has 0 bridgehead atoms. The average molecular weight is 408 g/mol. The molecule has 1 saturated heterocycles. The summed E-state index contributed by atoms with van der Waals surface area (Å²) in [4.78, 5) is 28.1. The number of nitrogens with two attached hydrogens (primary N) is 1. The van der Waals surface area contributed by atoms with E-state index in [1.807, 2.05) is 6.92 Å². The second kappa shape index (κ2) is 9.73. The van der Waals surface area contributed by atoms with Crippen LogP contribution in [-0.4, -0.2) is 36.4 Å². The van der Waals surface area contributed by atoms with Gasteiger partial charge in [0, 0.05) is 36.3 Å². The van der Waals surface area contributed by atoms with E-state index in [0.29, 0.717) is 42.0 Å². The van der Waals surface area contributed by atoms with Gasteiger partial charge in [0.25, 0.3) is 5.91 Å². The number of halogens is 2. The van der Waals surface area contributed by atoms with Crippen molar-refractivity contribution in [2.45, 2.75) is 25.9 Å². The predicted molar refractivity (Wildman–Crippen MR) is 105 cm³/mol. The highest BCUT2D eigenvalue weighted by molar-refractivity contribution is 6.00. The summed E-state index contributed by atoms with van der Waals surface area (Å²) in [7, 11) is 0. The van der Waals surface area contributed by atoms with E-state index in [9.17, 15) is 14.0 Å². The van der Waals surface area contributed by atoms with Crippen LogP contribution in [-0.2, 0) is 17.6 Å². The predicted octanol–water partition coefficient (Wildman–Crippen LogP) is 2.39. The molecule has 3 rings (SSSR count). The molecule has 150 valence electrons. The minimum absolute atomic E-state index is 0. The number of carbonyl (C=O) groups is 2. The zero-order valence-corrected chi connectivity index (χ0v) is 16.4. The maximum absolute atomic E-state index is 14.5. The SMILES string of the molecule is CCc1cc(C(=O)Cc2ccc([C@H]3CNCCO3)c(F)c2)cc(C(N)=O)n1.Cl. The van der Waals surface area contributed by atoms with E-state index >= 15 is 0 Å². The Morgan fingerprint density at radius 3 is 2.71 bits per heavy atom. The normalized spacial score (nSPS) is 16.3. The fraction of sp³-hybridized carbons (Fsp3) is 0.350.